The second-order valence-corrected chi connectivity index (χ2v) is 13.1. The summed E-state index contributed by atoms with van der Waals surface area (Å²) in [5, 5.41) is 10.2. The number of sulfone groups is 1. The van der Waals surface area contributed by atoms with E-state index in [2.05, 4.69) is 15.4 Å². The highest BCUT2D eigenvalue weighted by Gasteiger charge is 2.39. The molecule has 0 spiro atoms. The van der Waals surface area contributed by atoms with Crippen molar-refractivity contribution in [2.75, 3.05) is 11.2 Å². The maximum atomic E-state index is 13.8. The highest BCUT2D eigenvalue weighted by Crippen LogP contribution is 2.43. The van der Waals surface area contributed by atoms with E-state index in [1.54, 1.807) is 0 Å². The van der Waals surface area contributed by atoms with Gasteiger partial charge in [0.2, 0.25) is 0 Å². The Morgan fingerprint density at radius 1 is 0.841 bits per heavy atom. The minimum atomic E-state index is -5.14. The van der Waals surface area contributed by atoms with Crippen molar-refractivity contribution < 1.29 is 47.9 Å². The lowest BCUT2D eigenvalue weighted by molar-refractivity contribution is -0.143. The molecule has 0 aliphatic heterocycles. The predicted molar refractivity (Wildman–Crippen MR) is 141 cm³/mol. The van der Waals surface area contributed by atoms with Crippen LogP contribution in [-0.2, 0) is 48.5 Å². The van der Waals surface area contributed by atoms with Gasteiger partial charge < -0.3 is 4.90 Å². The monoisotopic (exact) mass is 657 g/mol. The molecule has 2 aromatic carbocycles. The second kappa shape index (κ2) is 12.2. The highest BCUT2D eigenvalue weighted by molar-refractivity contribution is 7.90. The van der Waals surface area contributed by atoms with Gasteiger partial charge in [-0.3, -0.25) is 0 Å². The zero-order chi connectivity index (χ0) is 32.7. The van der Waals surface area contributed by atoms with Crippen LogP contribution in [-0.4, -0.2) is 34.9 Å². The maximum Gasteiger partial charge on any atom is 0.416 e. The third kappa shape index (κ3) is 8.01. The van der Waals surface area contributed by atoms with Crippen LogP contribution in [0, 0.1) is 5.92 Å². The van der Waals surface area contributed by atoms with E-state index in [1.807, 2.05) is 0 Å². The average molecular weight is 658 g/mol. The molecule has 0 radical (unpaired) electrons. The van der Waals surface area contributed by atoms with Crippen molar-refractivity contribution in [2.45, 2.75) is 69.0 Å². The minimum Gasteiger partial charge on any atom is -0.330 e. The third-order valence-corrected chi connectivity index (χ3v) is 9.04. The van der Waals surface area contributed by atoms with Gasteiger partial charge in [0, 0.05) is 19.3 Å². The number of benzene rings is 2. The lowest BCUT2D eigenvalue weighted by atomic mass is 9.83. The van der Waals surface area contributed by atoms with Crippen LogP contribution in [0.2, 0.25) is 0 Å². The van der Waals surface area contributed by atoms with Crippen LogP contribution in [0.4, 0.5) is 45.5 Å². The number of aromatic nitrogens is 4. The number of alkyl halides is 9. The first-order valence-corrected chi connectivity index (χ1v) is 15.3. The largest absolute Gasteiger partial charge is 0.416 e. The van der Waals surface area contributed by atoms with Gasteiger partial charge in [-0.15, -0.1) is 5.10 Å². The molecule has 1 heterocycles. The van der Waals surface area contributed by atoms with Crippen molar-refractivity contribution in [3.8, 4) is 0 Å². The number of nitrogens with zero attached hydrogens (tertiary/aromatic N) is 5. The lowest BCUT2D eigenvalue weighted by Gasteiger charge is -2.32. The first-order chi connectivity index (χ1) is 20.2. The van der Waals surface area contributed by atoms with Gasteiger partial charge in [-0.25, -0.2) is 8.42 Å². The smallest absolute Gasteiger partial charge is 0.330 e. The third-order valence-electron chi connectivity index (χ3n) is 7.48. The molecule has 0 saturated heterocycles. The van der Waals surface area contributed by atoms with E-state index in [9.17, 15) is 47.9 Å². The van der Waals surface area contributed by atoms with Gasteiger partial charge in [-0.1, -0.05) is 30.4 Å². The van der Waals surface area contributed by atoms with Crippen LogP contribution in [0.3, 0.4) is 0 Å². The number of aryl methyl sites for hydroxylation is 1. The van der Waals surface area contributed by atoms with Gasteiger partial charge in [-0.2, -0.15) is 44.3 Å². The van der Waals surface area contributed by atoms with Crippen LogP contribution in [0.25, 0.3) is 0 Å². The Bertz CT molecular complexity index is 1550. The summed E-state index contributed by atoms with van der Waals surface area (Å²) in [5.41, 5.74) is -4.84. The van der Waals surface area contributed by atoms with E-state index in [4.69, 9.17) is 0 Å². The molecule has 0 bridgehead atoms. The van der Waals surface area contributed by atoms with Gasteiger partial charge in [-0.05, 0) is 71.0 Å². The number of rotatable bonds is 8. The zero-order valence-corrected chi connectivity index (χ0v) is 24.2. The Morgan fingerprint density at radius 2 is 1.41 bits per heavy atom. The summed E-state index contributed by atoms with van der Waals surface area (Å²) in [6, 6.07) is 3.52. The molecule has 1 unspecified atom stereocenters. The fourth-order valence-corrected chi connectivity index (χ4v) is 7.26. The number of tetrazole rings is 1. The van der Waals surface area contributed by atoms with Crippen LogP contribution < -0.4 is 4.90 Å². The Kier molecular flexibility index (Phi) is 9.29. The summed E-state index contributed by atoms with van der Waals surface area (Å²) in [5.74, 6) is -0.717. The average Bonchev–Trinajstić information content (AvgIpc) is 3.33. The molecule has 7 nitrogen and oxygen atoms in total. The van der Waals surface area contributed by atoms with Gasteiger partial charge >= 0.3 is 18.5 Å². The van der Waals surface area contributed by atoms with Crippen molar-refractivity contribution in [1.82, 2.24) is 20.2 Å². The standard InChI is InChI=1S/C27H28F9N5O2S/c1-40-38-24(37-39-40)41(14-16-10-20(26(31,32)33)13-21(11-16)27(34,35)36)15-18-12-19(25(28,29)30)8-9-22(18)23(44(2,42)43)17-6-4-3-5-7-17/h8-13,17,23H,3-7,14-15H2,1-2H3. The second-order valence-electron chi connectivity index (χ2n) is 10.9. The molecule has 4 rings (SSSR count). The Balaban J connectivity index is 1.87. The number of hydrogen-bond donors (Lipinski definition) is 0. The van der Waals surface area contributed by atoms with Gasteiger partial charge in [0.15, 0.2) is 9.84 Å². The zero-order valence-electron chi connectivity index (χ0n) is 23.4. The predicted octanol–water partition coefficient (Wildman–Crippen LogP) is 7.14. The number of halogens is 9. The minimum absolute atomic E-state index is 0.0415. The summed E-state index contributed by atoms with van der Waals surface area (Å²) in [6.07, 6.45) is -10.8. The summed E-state index contributed by atoms with van der Waals surface area (Å²) in [6.45, 7) is -1.29. The van der Waals surface area contributed by atoms with Crippen molar-refractivity contribution in [3.05, 3.63) is 69.8 Å². The quantitative estimate of drug-likeness (QED) is 0.240. The molecular formula is C27H28F9N5O2S. The molecule has 44 heavy (non-hydrogen) atoms. The normalized spacial score (nSPS) is 16.2. The molecule has 0 amide bonds. The maximum absolute atomic E-state index is 13.8. The van der Waals surface area contributed by atoms with E-state index in [-0.39, 0.29) is 23.1 Å². The summed E-state index contributed by atoms with van der Waals surface area (Å²) < 4.78 is 149. The summed E-state index contributed by atoms with van der Waals surface area (Å²) in [4.78, 5) is 2.01. The Labute approximate surface area is 247 Å². The van der Waals surface area contributed by atoms with E-state index in [0.717, 1.165) is 53.4 Å². The molecule has 1 aromatic heterocycles. The molecule has 17 heteroatoms. The molecule has 1 aliphatic rings. The Morgan fingerprint density at radius 3 is 1.89 bits per heavy atom. The molecule has 1 fully saturated rings. The molecule has 242 valence electrons. The first kappa shape index (κ1) is 33.5. The van der Waals surface area contributed by atoms with Crippen molar-refractivity contribution in [1.29, 1.82) is 0 Å². The van der Waals surface area contributed by atoms with E-state index in [0.29, 0.717) is 25.0 Å². The fourth-order valence-electron chi connectivity index (χ4n) is 5.60. The van der Waals surface area contributed by atoms with Crippen LogP contribution in [0.15, 0.2) is 36.4 Å². The molecule has 0 N–H and O–H groups in total. The van der Waals surface area contributed by atoms with Crippen molar-refractivity contribution in [3.63, 3.8) is 0 Å². The SMILES string of the molecule is Cn1nnc(N(Cc2cc(C(F)(F)F)cc(C(F)(F)F)c2)Cc2cc(C(F)(F)F)ccc2C(C2CCCCC2)S(C)(=O)=O)n1. The van der Waals surface area contributed by atoms with E-state index < -0.39 is 74.9 Å². The summed E-state index contributed by atoms with van der Waals surface area (Å²) >= 11 is 0. The number of hydrogen-bond acceptors (Lipinski definition) is 6. The molecule has 3 aromatic rings. The Hall–Kier alpha value is -3.37. The van der Waals surface area contributed by atoms with Crippen LogP contribution >= 0.6 is 0 Å². The van der Waals surface area contributed by atoms with E-state index in [1.165, 1.54) is 7.05 Å². The molecule has 1 atom stereocenters. The van der Waals surface area contributed by atoms with Crippen molar-refractivity contribution >= 4 is 15.8 Å². The van der Waals surface area contributed by atoms with E-state index >= 15 is 0 Å². The van der Waals surface area contributed by atoms with Crippen LogP contribution in [0.1, 0.15) is 70.7 Å². The number of anilines is 1. The lowest BCUT2D eigenvalue weighted by Crippen LogP contribution is -2.28. The molecule has 1 saturated carbocycles. The molecular weight excluding hydrogens is 629 g/mol. The van der Waals surface area contributed by atoms with Crippen molar-refractivity contribution in [2.24, 2.45) is 13.0 Å². The van der Waals surface area contributed by atoms with Gasteiger partial charge in [0.1, 0.15) is 0 Å². The van der Waals surface area contributed by atoms with Gasteiger partial charge in [0.05, 0.1) is 29.0 Å². The topological polar surface area (TPSA) is 81.0 Å². The van der Waals surface area contributed by atoms with Gasteiger partial charge in [0.25, 0.3) is 5.95 Å². The first-order valence-electron chi connectivity index (χ1n) is 13.4. The van der Waals surface area contributed by atoms with Crippen LogP contribution in [0.5, 0.6) is 0 Å². The summed E-state index contributed by atoms with van der Waals surface area (Å²) in [7, 11) is -2.55. The molecule has 1 aliphatic carbocycles. The fraction of sp³-hybridized carbons (Fsp3) is 0.519. The highest BCUT2D eigenvalue weighted by atomic mass is 32.2.